The number of aromatic nitrogens is 8. The van der Waals surface area contributed by atoms with Crippen LogP contribution in [-0.4, -0.2) is 59.6 Å². The number of hydrogen-bond acceptors (Lipinski definition) is 9. The molecule has 0 fully saturated rings. The Morgan fingerprint density at radius 1 is 1.15 bits per heavy atom. The van der Waals surface area contributed by atoms with Crippen molar-refractivity contribution in [3.63, 3.8) is 0 Å². The molecule has 0 aliphatic heterocycles. The van der Waals surface area contributed by atoms with Crippen molar-refractivity contribution >= 4 is 11.0 Å². The maximum atomic E-state index is 13.9. The number of H-pyrrole nitrogens is 2. The molecule has 2 N–H and O–H groups in total. The molecule has 4 aromatic rings. The number of aryl methyl sites for hydroxylation is 1. The quantitative estimate of drug-likeness (QED) is 0.353. The van der Waals surface area contributed by atoms with Crippen LogP contribution in [0.1, 0.15) is 11.7 Å². The van der Waals surface area contributed by atoms with Crippen molar-refractivity contribution in [2.24, 2.45) is 7.05 Å². The molecular weight excluding hydrogens is 468 g/mol. The van der Waals surface area contributed by atoms with Gasteiger partial charge in [-0.3, -0.25) is 9.78 Å². The number of hydrogen-bond donors (Lipinski definition) is 2. The third kappa shape index (κ3) is 4.69. The number of halogens is 4. The number of ether oxygens (including phenoxy) is 2. The van der Waals surface area contributed by atoms with Gasteiger partial charge in [-0.05, 0) is 12.1 Å². The van der Waals surface area contributed by atoms with E-state index in [0.717, 1.165) is 12.3 Å². The Morgan fingerprint density at radius 2 is 1.94 bits per heavy atom. The third-order valence-corrected chi connectivity index (χ3v) is 4.42. The molecule has 0 spiro atoms. The van der Waals surface area contributed by atoms with E-state index in [1.807, 2.05) is 4.98 Å². The topological polar surface area (TPSA) is 154 Å². The van der Waals surface area contributed by atoms with E-state index in [0.29, 0.717) is 0 Å². The summed E-state index contributed by atoms with van der Waals surface area (Å²) in [6.07, 6.45) is -6.59. The van der Waals surface area contributed by atoms with Gasteiger partial charge in [0.25, 0.3) is 18.4 Å². The minimum Gasteiger partial charge on any atom is -0.472 e. The van der Waals surface area contributed by atoms with Crippen LogP contribution in [0.5, 0.6) is 11.8 Å². The van der Waals surface area contributed by atoms with Crippen LogP contribution in [0.25, 0.3) is 22.4 Å². The zero-order valence-corrected chi connectivity index (χ0v) is 17.1. The van der Waals surface area contributed by atoms with Crippen LogP contribution in [-0.2, 0) is 7.05 Å². The molecular formula is C18H14F4N8O4. The lowest BCUT2D eigenvalue weighted by molar-refractivity contribution is 0.00815. The molecule has 12 nitrogen and oxygen atoms in total. The maximum Gasteiger partial charge on any atom is 0.342 e. The third-order valence-electron chi connectivity index (χ3n) is 4.42. The zero-order valence-electron chi connectivity index (χ0n) is 17.1. The number of fused-ring (bicyclic) bond motifs is 1. The Balaban J connectivity index is 1.71. The van der Waals surface area contributed by atoms with Gasteiger partial charge < -0.3 is 9.47 Å². The van der Waals surface area contributed by atoms with Gasteiger partial charge in [-0.15, -0.1) is 15.3 Å². The Kier molecular flexibility index (Phi) is 6.20. The molecule has 0 aliphatic carbocycles. The van der Waals surface area contributed by atoms with E-state index in [-0.39, 0.29) is 39.7 Å². The molecule has 178 valence electrons. The predicted molar refractivity (Wildman–Crippen MR) is 106 cm³/mol. The fourth-order valence-corrected chi connectivity index (χ4v) is 2.96. The van der Waals surface area contributed by atoms with E-state index in [1.54, 1.807) is 0 Å². The normalized spacial score (nSPS) is 12.4. The van der Waals surface area contributed by atoms with Crippen molar-refractivity contribution in [2.45, 2.75) is 19.0 Å². The van der Waals surface area contributed by atoms with Crippen molar-refractivity contribution in [3.05, 3.63) is 50.8 Å². The first-order valence-corrected chi connectivity index (χ1v) is 9.44. The first kappa shape index (κ1) is 22.8. The second-order valence-corrected chi connectivity index (χ2v) is 6.75. The molecule has 4 aromatic heterocycles. The van der Waals surface area contributed by atoms with Crippen LogP contribution in [0, 0.1) is 0 Å². The first-order valence-electron chi connectivity index (χ1n) is 9.44. The summed E-state index contributed by atoms with van der Waals surface area (Å²) < 4.78 is 64.0. The highest BCUT2D eigenvalue weighted by Crippen LogP contribution is 2.32. The van der Waals surface area contributed by atoms with Crippen molar-refractivity contribution in [1.82, 2.24) is 40.1 Å². The van der Waals surface area contributed by atoms with Crippen LogP contribution in [0.4, 0.5) is 17.6 Å². The van der Waals surface area contributed by atoms with Crippen LogP contribution in [0.2, 0.25) is 0 Å². The minimum atomic E-state index is -3.06. The van der Waals surface area contributed by atoms with Crippen molar-refractivity contribution in [3.8, 4) is 23.1 Å². The molecule has 0 amide bonds. The van der Waals surface area contributed by atoms with E-state index in [4.69, 9.17) is 9.47 Å². The highest BCUT2D eigenvalue weighted by Gasteiger charge is 2.28. The predicted octanol–water partition coefficient (Wildman–Crippen LogP) is 1.23. The summed E-state index contributed by atoms with van der Waals surface area (Å²) >= 11 is 0. The van der Waals surface area contributed by atoms with Crippen LogP contribution < -0.4 is 20.7 Å². The molecule has 0 aliphatic rings. The Bertz CT molecular complexity index is 1440. The largest absolute Gasteiger partial charge is 0.472 e. The summed E-state index contributed by atoms with van der Waals surface area (Å²) in [6.45, 7) is -0.957. The average molecular weight is 482 g/mol. The van der Waals surface area contributed by atoms with E-state index < -0.39 is 36.8 Å². The van der Waals surface area contributed by atoms with E-state index in [1.165, 1.54) is 23.9 Å². The summed E-state index contributed by atoms with van der Waals surface area (Å²) in [5.74, 6) is -0.555. The second kappa shape index (κ2) is 9.24. The molecule has 4 rings (SSSR count). The summed E-state index contributed by atoms with van der Waals surface area (Å²) in [6, 6.07) is 3.55. The number of nitrogens with one attached hydrogen (secondary N) is 2. The average Bonchev–Trinajstić information content (AvgIpc) is 3.10. The van der Waals surface area contributed by atoms with Gasteiger partial charge in [0.05, 0.1) is 5.39 Å². The molecule has 0 unspecified atom stereocenters. The molecule has 1 atom stereocenters. The van der Waals surface area contributed by atoms with Crippen molar-refractivity contribution in [1.29, 1.82) is 0 Å². The molecule has 0 saturated heterocycles. The zero-order chi connectivity index (χ0) is 24.4. The summed E-state index contributed by atoms with van der Waals surface area (Å²) in [5.41, 5.74) is -1.99. The molecule has 0 radical (unpaired) electrons. The van der Waals surface area contributed by atoms with Gasteiger partial charge >= 0.3 is 5.69 Å². The van der Waals surface area contributed by atoms with Crippen molar-refractivity contribution < 1.29 is 27.0 Å². The fraction of sp³-hybridized carbons (Fsp3) is 0.278. The standard InChI is InChI=1S/C18H14F4N8O4/c1-30-15-8(5-9(25-27-15)12-16(31)24-18(32)28-26-12)17(29-30)34-13(14(21)22)7-2-3-23-11(4-7)33-6-10(19)20/h2-5,10,13-14H,6H2,1H3,(H2,24,28,31,32)/t13-/m1/s1. The number of nitrogens with zero attached hydrogens (tertiary/aromatic N) is 6. The Hall–Kier alpha value is -4.37. The maximum absolute atomic E-state index is 13.9. The lowest BCUT2D eigenvalue weighted by Gasteiger charge is -2.18. The lowest BCUT2D eigenvalue weighted by Crippen LogP contribution is -2.25. The Morgan fingerprint density at radius 3 is 2.65 bits per heavy atom. The highest BCUT2D eigenvalue weighted by molar-refractivity contribution is 5.83. The van der Waals surface area contributed by atoms with Gasteiger partial charge in [0, 0.05) is 24.9 Å². The lowest BCUT2D eigenvalue weighted by atomic mass is 10.1. The molecule has 34 heavy (non-hydrogen) atoms. The second-order valence-electron chi connectivity index (χ2n) is 6.75. The van der Waals surface area contributed by atoms with Gasteiger partial charge in [-0.25, -0.2) is 37.1 Å². The number of alkyl halides is 4. The van der Waals surface area contributed by atoms with Gasteiger partial charge in [0.2, 0.25) is 11.8 Å². The molecule has 4 heterocycles. The van der Waals surface area contributed by atoms with Gasteiger partial charge in [-0.2, -0.15) is 5.10 Å². The monoisotopic (exact) mass is 482 g/mol. The summed E-state index contributed by atoms with van der Waals surface area (Å²) in [4.78, 5) is 28.9. The van der Waals surface area contributed by atoms with Crippen molar-refractivity contribution in [2.75, 3.05) is 6.61 Å². The van der Waals surface area contributed by atoms with E-state index in [9.17, 15) is 27.2 Å². The van der Waals surface area contributed by atoms with E-state index in [2.05, 4.69) is 30.5 Å². The summed E-state index contributed by atoms with van der Waals surface area (Å²) in [5, 5.41) is 17.6. The first-order chi connectivity index (χ1) is 16.2. The number of rotatable bonds is 8. The van der Waals surface area contributed by atoms with Gasteiger partial charge in [0.15, 0.2) is 24.1 Å². The number of aromatic amines is 2. The number of pyridine rings is 1. The Labute approximate surface area is 185 Å². The van der Waals surface area contributed by atoms with Gasteiger partial charge in [0.1, 0.15) is 5.69 Å². The smallest absolute Gasteiger partial charge is 0.342 e. The molecule has 0 saturated carbocycles. The molecule has 0 bridgehead atoms. The van der Waals surface area contributed by atoms with Crippen LogP contribution in [0.15, 0.2) is 34.0 Å². The minimum absolute atomic E-state index is 0.0805. The van der Waals surface area contributed by atoms with Crippen LogP contribution >= 0.6 is 0 Å². The SMILES string of the molecule is Cn1nc(O[C@H](c2ccnc(OCC(F)F)c2)C(F)F)c2cc(-c3n[nH]c(=O)[nH]c3=O)nnc21. The van der Waals surface area contributed by atoms with Crippen LogP contribution in [0.3, 0.4) is 0 Å². The summed E-state index contributed by atoms with van der Waals surface area (Å²) in [7, 11) is 1.47. The molecule has 0 aromatic carbocycles. The van der Waals surface area contributed by atoms with E-state index >= 15 is 0 Å². The van der Waals surface area contributed by atoms with Gasteiger partial charge in [-0.1, -0.05) is 0 Å². The fourth-order valence-electron chi connectivity index (χ4n) is 2.96. The molecule has 16 heteroatoms. The highest BCUT2D eigenvalue weighted by atomic mass is 19.3.